The van der Waals surface area contributed by atoms with Gasteiger partial charge in [-0.2, -0.15) is 0 Å². The van der Waals surface area contributed by atoms with Gasteiger partial charge in [0, 0.05) is 17.9 Å². The van der Waals surface area contributed by atoms with Crippen LogP contribution in [-0.2, 0) is 11.4 Å². The van der Waals surface area contributed by atoms with E-state index in [1.54, 1.807) is 4.90 Å². The number of benzene rings is 2. The number of aliphatic hydroxyl groups excluding tert-OH is 1. The van der Waals surface area contributed by atoms with E-state index in [-0.39, 0.29) is 24.4 Å². The van der Waals surface area contributed by atoms with Crippen LogP contribution in [0.15, 0.2) is 48.5 Å². The third-order valence-electron chi connectivity index (χ3n) is 5.72. The number of rotatable bonds is 10. The summed E-state index contributed by atoms with van der Waals surface area (Å²) < 4.78 is 5.78. The molecule has 0 saturated heterocycles. The van der Waals surface area contributed by atoms with E-state index in [1.165, 1.54) is 5.56 Å². The Labute approximate surface area is 181 Å². The van der Waals surface area contributed by atoms with Crippen LogP contribution in [0.25, 0.3) is 0 Å². The molecule has 0 heterocycles. The third kappa shape index (κ3) is 6.41. The Hall–Kier alpha value is -2.17. The summed E-state index contributed by atoms with van der Waals surface area (Å²) in [5.41, 5.74) is 2.99. The zero-order valence-electron chi connectivity index (χ0n) is 19.3. The van der Waals surface area contributed by atoms with E-state index in [2.05, 4.69) is 39.8 Å². The van der Waals surface area contributed by atoms with Gasteiger partial charge < -0.3 is 14.7 Å². The van der Waals surface area contributed by atoms with Gasteiger partial charge in [0.05, 0.1) is 31.2 Å². The first-order chi connectivity index (χ1) is 14.2. The molecule has 164 valence electrons. The average Bonchev–Trinajstić information content (AvgIpc) is 2.71. The van der Waals surface area contributed by atoms with Crippen molar-refractivity contribution in [3.05, 3.63) is 65.2 Å². The van der Waals surface area contributed by atoms with E-state index in [0.717, 1.165) is 24.1 Å². The van der Waals surface area contributed by atoms with Gasteiger partial charge in [-0.05, 0) is 51.0 Å². The Morgan fingerprint density at radius 2 is 1.60 bits per heavy atom. The highest BCUT2D eigenvalue weighted by Gasteiger charge is 2.25. The number of ether oxygens (including phenoxy) is 1. The summed E-state index contributed by atoms with van der Waals surface area (Å²) in [6.07, 6.45) is 0.927. The molecule has 0 aliphatic heterocycles. The molecule has 4 nitrogen and oxygen atoms in total. The van der Waals surface area contributed by atoms with Gasteiger partial charge in [-0.3, -0.25) is 4.79 Å². The predicted octanol–water partition coefficient (Wildman–Crippen LogP) is 3.96. The summed E-state index contributed by atoms with van der Waals surface area (Å²) in [6.45, 7) is 13.7. The lowest BCUT2D eigenvalue weighted by atomic mass is 9.86. The molecule has 4 heteroatoms. The summed E-state index contributed by atoms with van der Waals surface area (Å²) in [6, 6.07) is 17.1. The molecular formula is C26H38NO3+. The molecule has 1 unspecified atom stereocenters. The van der Waals surface area contributed by atoms with Gasteiger partial charge in [-0.15, -0.1) is 0 Å². The van der Waals surface area contributed by atoms with Crippen molar-refractivity contribution >= 4 is 5.97 Å². The maximum Gasteiger partial charge on any atom is 0.313 e. The molecule has 0 aliphatic rings. The molecule has 0 amide bonds. The van der Waals surface area contributed by atoms with Crippen LogP contribution in [0, 0.1) is 5.92 Å². The molecule has 0 aromatic heterocycles. The zero-order chi connectivity index (χ0) is 22.3. The van der Waals surface area contributed by atoms with Gasteiger partial charge in [0.1, 0.15) is 5.75 Å². The van der Waals surface area contributed by atoms with Gasteiger partial charge in [0.2, 0.25) is 0 Å². The number of carbonyl (C=O) groups excluding carboxylic acids is 1. The van der Waals surface area contributed by atoms with Crippen LogP contribution < -0.4 is 9.64 Å². The highest BCUT2D eigenvalue weighted by atomic mass is 16.5. The summed E-state index contributed by atoms with van der Waals surface area (Å²) in [7, 11) is 0. The SMILES string of the molecule is CC(C)C(=O)Oc1ccc(CO)cc1C(CC[NH+](C(C)C)C(C)C)c1ccccc1. The van der Waals surface area contributed by atoms with Crippen LogP contribution in [0.3, 0.4) is 0 Å². The molecule has 0 aliphatic carbocycles. The monoisotopic (exact) mass is 412 g/mol. The lowest BCUT2D eigenvalue weighted by Gasteiger charge is -2.30. The molecule has 0 fully saturated rings. The number of nitrogens with one attached hydrogen (secondary N) is 1. The number of carbonyl (C=O) groups is 1. The fraction of sp³-hybridized carbons (Fsp3) is 0.500. The highest BCUT2D eigenvalue weighted by Crippen LogP contribution is 2.35. The molecule has 2 aromatic carbocycles. The first kappa shape index (κ1) is 24.1. The van der Waals surface area contributed by atoms with Crippen LogP contribution >= 0.6 is 0 Å². The predicted molar refractivity (Wildman–Crippen MR) is 122 cm³/mol. The maximum absolute atomic E-state index is 12.3. The number of esters is 1. The Kier molecular flexibility index (Phi) is 9.07. The summed E-state index contributed by atoms with van der Waals surface area (Å²) in [5, 5.41) is 9.73. The van der Waals surface area contributed by atoms with E-state index < -0.39 is 0 Å². The quantitative estimate of drug-likeness (QED) is 0.459. The highest BCUT2D eigenvalue weighted by molar-refractivity contribution is 5.75. The molecule has 2 N–H and O–H groups in total. The normalized spacial score (nSPS) is 12.8. The van der Waals surface area contributed by atoms with Crippen LogP contribution in [-0.4, -0.2) is 29.7 Å². The Balaban J connectivity index is 2.48. The van der Waals surface area contributed by atoms with Gasteiger partial charge in [0.15, 0.2) is 0 Å². The molecular weight excluding hydrogens is 374 g/mol. The molecule has 1 atom stereocenters. The van der Waals surface area contributed by atoms with Crippen molar-refractivity contribution in [2.24, 2.45) is 5.92 Å². The van der Waals surface area contributed by atoms with Crippen LogP contribution in [0.2, 0.25) is 0 Å². The van der Waals surface area contributed by atoms with Crippen molar-refractivity contribution in [2.45, 2.75) is 72.6 Å². The second kappa shape index (κ2) is 11.3. The first-order valence-electron chi connectivity index (χ1n) is 11.1. The van der Waals surface area contributed by atoms with E-state index in [4.69, 9.17) is 4.74 Å². The van der Waals surface area contributed by atoms with E-state index in [1.807, 2.05) is 50.2 Å². The van der Waals surface area contributed by atoms with Crippen LogP contribution in [0.1, 0.15) is 70.6 Å². The Morgan fingerprint density at radius 1 is 0.967 bits per heavy atom. The fourth-order valence-electron chi connectivity index (χ4n) is 4.03. The molecule has 0 spiro atoms. The molecule has 2 rings (SSSR count). The number of aliphatic hydroxyl groups is 1. The Morgan fingerprint density at radius 3 is 2.13 bits per heavy atom. The number of quaternary nitrogens is 1. The zero-order valence-corrected chi connectivity index (χ0v) is 19.3. The van der Waals surface area contributed by atoms with Gasteiger partial charge >= 0.3 is 5.97 Å². The van der Waals surface area contributed by atoms with Crippen molar-refractivity contribution in [1.29, 1.82) is 0 Å². The minimum Gasteiger partial charge on any atom is -0.426 e. The first-order valence-corrected chi connectivity index (χ1v) is 11.1. The maximum atomic E-state index is 12.3. The molecule has 0 radical (unpaired) electrons. The summed E-state index contributed by atoms with van der Waals surface area (Å²) in [4.78, 5) is 13.9. The van der Waals surface area contributed by atoms with Crippen molar-refractivity contribution in [3.63, 3.8) is 0 Å². The molecule has 2 aromatic rings. The van der Waals surface area contributed by atoms with Crippen molar-refractivity contribution in [1.82, 2.24) is 0 Å². The number of hydrogen-bond donors (Lipinski definition) is 2. The minimum absolute atomic E-state index is 0.0394. The fourth-order valence-corrected chi connectivity index (χ4v) is 4.03. The van der Waals surface area contributed by atoms with E-state index >= 15 is 0 Å². The largest absolute Gasteiger partial charge is 0.426 e. The summed E-state index contributed by atoms with van der Waals surface area (Å²) in [5.74, 6) is 0.236. The minimum atomic E-state index is -0.239. The van der Waals surface area contributed by atoms with Gasteiger partial charge in [0.25, 0.3) is 0 Å². The second-order valence-electron chi connectivity index (χ2n) is 8.99. The topological polar surface area (TPSA) is 51.0 Å². The average molecular weight is 413 g/mol. The van der Waals surface area contributed by atoms with Gasteiger partial charge in [-0.1, -0.05) is 50.2 Å². The smallest absolute Gasteiger partial charge is 0.313 e. The van der Waals surface area contributed by atoms with Crippen LogP contribution in [0.4, 0.5) is 0 Å². The van der Waals surface area contributed by atoms with E-state index in [0.29, 0.717) is 17.8 Å². The molecule has 0 bridgehead atoms. The van der Waals surface area contributed by atoms with Crippen LogP contribution in [0.5, 0.6) is 5.75 Å². The third-order valence-corrected chi connectivity index (χ3v) is 5.72. The van der Waals surface area contributed by atoms with Crippen molar-refractivity contribution in [3.8, 4) is 5.75 Å². The van der Waals surface area contributed by atoms with Gasteiger partial charge in [-0.25, -0.2) is 0 Å². The molecule has 0 saturated carbocycles. The molecule has 30 heavy (non-hydrogen) atoms. The van der Waals surface area contributed by atoms with Crippen molar-refractivity contribution in [2.75, 3.05) is 6.54 Å². The lowest BCUT2D eigenvalue weighted by molar-refractivity contribution is -0.942. The lowest BCUT2D eigenvalue weighted by Crippen LogP contribution is -3.17. The second-order valence-corrected chi connectivity index (χ2v) is 8.99. The number of hydrogen-bond acceptors (Lipinski definition) is 3. The summed E-state index contributed by atoms with van der Waals surface area (Å²) >= 11 is 0. The van der Waals surface area contributed by atoms with Crippen molar-refractivity contribution < 1.29 is 19.5 Å². The Bertz CT molecular complexity index is 791. The van der Waals surface area contributed by atoms with E-state index in [9.17, 15) is 9.90 Å². The standard InChI is InChI=1S/C26H37NO3/c1-18(2)26(29)30-25-13-12-21(17-28)16-24(25)23(22-10-8-7-9-11-22)14-15-27(19(3)4)20(5)6/h7-13,16,18-20,23,28H,14-15,17H2,1-6H3/p+1.